The van der Waals surface area contributed by atoms with Crippen LogP contribution >= 0.6 is 0 Å². The summed E-state index contributed by atoms with van der Waals surface area (Å²) in [5.41, 5.74) is 4.14. The van der Waals surface area contributed by atoms with Crippen molar-refractivity contribution >= 4 is 5.78 Å². The van der Waals surface area contributed by atoms with Gasteiger partial charge in [-0.1, -0.05) is 43.2 Å². The van der Waals surface area contributed by atoms with Crippen LogP contribution in [0.15, 0.2) is 18.2 Å². The van der Waals surface area contributed by atoms with Crippen LogP contribution in [0.1, 0.15) is 56.2 Å². The number of Topliss-reactive ketones (excluding diaryl/α,β-unsaturated/α-hetero) is 1. The summed E-state index contributed by atoms with van der Waals surface area (Å²) < 4.78 is 0. The average molecular weight is 258 g/mol. The van der Waals surface area contributed by atoms with Crippen LogP contribution in [-0.4, -0.2) is 5.78 Å². The van der Waals surface area contributed by atoms with Crippen LogP contribution in [0.25, 0.3) is 0 Å². The van der Waals surface area contributed by atoms with Gasteiger partial charge in [0.15, 0.2) is 0 Å². The Hall–Kier alpha value is -1.11. The highest BCUT2D eigenvalue weighted by Crippen LogP contribution is 2.38. The predicted octanol–water partition coefficient (Wildman–Crippen LogP) is 4.63. The zero-order chi connectivity index (χ0) is 14.0. The summed E-state index contributed by atoms with van der Waals surface area (Å²) in [5.74, 6) is 0.745. The van der Waals surface area contributed by atoms with E-state index in [1.807, 2.05) is 0 Å². The van der Waals surface area contributed by atoms with E-state index < -0.39 is 0 Å². The van der Waals surface area contributed by atoms with E-state index in [-0.39, 0.29) is 0 Å². The number of carbonyl (C=O) groups excluding carboxylic acids is 1. The maximum Gasteiger partial charge on any atom is 0.140 e. The number of carbonyl (C=O) groups is 1. The first-order valence-corrected chi connectivity index (χ1v) is 7.46. The predicted molar refractivity (Wildman–Crippen MR) is 80.4 cm³/mol. The zero-order valence-corrected chi connectivity index (χ0v) is 12.8. The minimum Gasteiger partial charge on any atom is -0.299 e. The van der Waals surface area contributed by atoms with Crippen LogP contribution in [0, 0.1) is 25.2 Å². The van der Waals surface area contributed by atoms with E-state index in [1.54, 1.807) is 0 Å². The highest BCUT2D eigenvalue weighted by atomic mass is 16.1. The second-order valence-corrected chi connectivity index (χ2v) is 7.08. The SMILES string of the molecule is Cc1cc(C)cc(CC(=O)C2CCC(C)(C)CC2)c1. The monoisotopic (exact) mass is 258 g/mol. The Morgan fingerprint density at radius 1 is 1.11 bits per heavy atom. The first kappa shape index (κ1) is 14.3. The molecule has 1 heteroatoms. The minimum atomic E-state index is 0.300. The number of aryl methyl sites for hydroxylation is 2. The summed E-state index contributed by atoms with van der Waals surface area (Å²) in [6.07, 6.45) is 5.16. The summed E-state index contributed by atoms with van der Waals surface area (Å²) in [4.78, 5) is 12.4. The van der Waals surface area contributed by atoms with Crippen LogP contribution in [0.5, 0.6) is 0 Å². The Balaban J connectivity index is 1.98. The van der Waals surface area contributed by atoms with Gasteiger partial charge in [0, 0.05) is 12.3 Å². The Morgan fingerprint density at radius 2 is 1.63 bits per heavy atom. The summed E-state index contributed by atoms with van der Waals surface area (Å²) in [7, 11) is 0. The number of hydrogen-bond donors (Lipinski definition) is 0. The van der Waals surface area contributed by atoms with Crippen molar-refractivity contribution in [3.63, 3.8) is 0 Å². The molecular weight excluding hydrogens is 232 g/mol. The van der Waals surface area contributed by atoms with Gasteiger partial charge in [0.1, 0.15) is 5.78 Å². The van der Waals surface area contributed by atoms with Crippen molar-refractivity contribution in [3.8, 4) is 0 Å². The largest absolute Gasteiger partial charge is 0.299 e. The fraction of sp³-hybridized carbons (Fsp3) is 0.611. The molecule has 0 spiro atoms. The Morgan fingerprint density at radius 3 is 2.16 bits per heavy atom. The molecule has 19 heavy (non-hydrogen) atoms. The van der Waals surface area contributed by atoms with E-state index in [2.05, 4.69) is 45.9 Å². The van der Waals surface area contributed by atoms with Gasteiger partial charge in [-0.2, -0.15) is 0 Å². The van der Waals surface area contributed by atoms with E-state index in [9.17, 15) is 4.79 Å². The molecule has 1 nitrogen and oxygen atoms in total. The Bertz CT molecular complexity index is 440. The van der Waals surface area contributed by atoms with Gasteiger partial charge in [0.2, 0.25) is 0 Å². The number of rotatable bonds is 3. The van der Waals surface area contributed by atoms with Gasteiger partial charge >= 0.3 is 0 Å². The van der Waals surface area contributed by atoms with Crippen molar-refractivity contribution in [2.75, 3.05) is 0 Å². The molecule has 1 aliphatic carbocycles. The third-order valence-corrected chi connectivity index (χ3v) is 4.45. The topological polar surface area (TPSA) is 17.1 Å². The second-order valence-electron chi connectivity index (χ2n) is 7.08. The van der Waals surface area contributed by atoms with Gasteiger partial charge in [-0.25, -0.2) is 0 Å². The third kappa shape index (κ3) is 3.92. The molecule has 0 unspecified atom stereocenters. The molecule has 1 saturated carbocycles. The van der Waals surface area contributed by atoms with Crippen LogP contribution in [0.2, 0.25) is 0 Å². The summed E-state index contributed by atoms with van der Waals surface area (Å²) >= 11 is 0. The molecule has 0 bridgehead atoms. The molecular formula is C18H26O. The molecule has 104 valence electrons. The lowest BCUT2D eigenvalue weighted by Gasteiger charge is -2.33. The fourth-order valence-electron chi connectivity index (χ4n) is 3.24. The molecule has 0 aliphatic heterocycles. The minimum absolute atomic E-state index is 0.300. The lowest BCUT2D eigenvalue weighted by molar-refractivity contribution is -0.123. The maximum atomic E-state index is 12.4. The smallest absolute Gasteiger partial charge is 0.140 e. The van der Waals surface area contributed by atoms with E-state index >= 15 is 0 Å². The van der Waals surface area contributed by atoms with Crippen molar-refractivity contribution in [1.29, 1.82) is 0 Å². The van der Waals surface area contributed by atoms with Crippen molar-refractivity contribution in [3.05, 3.63) is 34.9 Å². The van der Waals surface area contributed by atoms with E-state index in [0.29, 0.717) is 23.5 Å². The standard InChI is InChI=1S/C18H26O/c1-13-9-14(2)11-15(10-13)12-17(19)16-5-7-18(3,4)8-6-16/h9-11,16H,5-8,12H2,1-4H3. The van der Waals surface area contributed by atoms with Crippen LogP contribution in [-0.2, 0) is 11.2 Å². The molecule has 0 aromatic heterocycles. The molecule has 0 amide bonds. The van der Waals surface area contributed by atoms with Gasteiger partial charge in [-0.3, -0.25) is 4.79 Å². The lowest BCUT2D eigenvalue weighted by atomic mass is 9.71. The maximum absolute atomic E-state index is 12.4. The van der Waals surface area contributed by atoms with Crippen molar-refractivity contribution in [2.45, 2.75) is 59.8 Å². The molecule has 2 rings (SSSR count). The lowest BCUT2D eigenvalue weighted by Crippen LogP contribution is -2.27. The molecule has 0 heterocycles. The quantitative estimate of drug-likeness (QED) is 0.772. The third-order valence-electron chi connectivity index (χ3n) is 4.45. The molecule has 0 N–H and O–H groups in total. The first-order chi connectivity index (χ1) is 8.85. The average Bonchev–Trinajstić information content (AvgIpc) is 2.26. The molecule has 0 saturated heterocycles. The van der Waals surface area contributed by atoms with Crippen molar-refractivity contribution in [1.82, 2.24) is 0 Å². The molecule has 1 aliphatic rings. The highest BCUT2D eigenvalue weighted by Gasteiger charge is 2.30. The Kier molecular flexibility index (Phi) is 4.13. The molecule has 1 fully saturated rings. The molecule has 1 aromatic rings. The number of hydrogen-bond acceptors (Lipinski definition) is 1. The van der Waals surface area contributed by atoms with E-state index in [4.69, 9.17) is 0 Å². The van der Waals surface area contributed by atoms with Crippen LogP contribution < -0.4 is 0 Å². The molecule has 0 atom stereocenters. The normalized spacial score (nSPS) is 19.4. The second kappa shape index (κ2) is 5.48. The van der Waals surface area contributed by atoms with Crippen molar-refractivity contribution < 1.29 is 4.79 Å². The first-order valence-electron chi connectivity index (χ1n) is 7.46. The van der Waals surface area contributed by atoms with Crippen molar-refractivity contribution in [2.24, 2.45) is 11.3 Å². The van der Waals surface area contributed by atoms with Gasteiger partial charge in [0.25, 0.3) is 0 Å². The fourth-order valence-corrected chi connectivity index (χ4v) is 3.24. The summed E-state index contributed by atoms with van der Waals surface area (Å²) in [6, 6.07) is 6.46. The zero-order valence-electron chi connectivity index (χ0n) is 12.8. The summed E-state index contributed by atoms with van der Waals surface area (Å²) in [6.45, 7) is 8.84. The summed E-state index contributed by atoms with van der Waals surface area (Å²) in [5, 5.41) is 0. The van der Waals surface area contributed by atoms with Crippen LogP contribution in [0.3, 0.4) is 0 Å². The number of ketones is 1. The van der Waals surface area contributed by atoms with Gasteiger partial charge in [-0.15, -0.1) is 0 Å². The molecule has 0 radical (unpaired) electrons. The van der Waals surface area contributed by atoms with E-state index in [1.165, 1.54) is 29.5 Å². The van der Waals surface area contributed by atoms with Crippen LogP contribution in [0.4, 0.5) is 0 Å². The van der Waals surface area contributed by atoms with Gasteiger partial charge < -0.3 is 0 Å². The highest BCUT2D eigenvalue weighted by molar-refractivity contribution is 5.83. The van der Waals surface area contributed by atoms with Gasteiger partial charge in [-0.05, 0) is 50.5 Å². The number of benzene rings is 1. The Labute approximate surface area is 117 Å². The molecule has 1 aromatic carbocycles. The van der Waals surface area contributed by atoms with Gasteiger partial charge in [0.05, 0.1) is 0 Å². The van der Waals surface area contributed by atoms with E-state index in [0.717, 1.165) is 12.8 Å².